The summed E-state index contributed by atoms with van der Waals surface area (Å²) in [6, 6.07) is 7.50. The Balaban J connectivity index is 1.53. The Morgan fingerprint density at radius 3 is 2.77 bits per heavy atom. The molecule has 0 saturated carbocycles. The van der Waals surface area contributed by atoms with Crippen LogP contribution in [0.3, 0.4) is 0 Å². The Hall–Kier alpha value is -1.64. The van der Waals surface area contributed by atoms with E-state index in [1.54, 1.807) is 7.05 Å². The van der Waals surface area contributed by atoms with Crippen LogP contribution in [0.4, 0.5) is 5.69 Å². The summed E-state index contributed by atoms with van der Waals surface area (Å²) in [5, 5.41) is 9.21. The molecule has 2 rings (SSSR count). The van der Waals surface area contributed by atoms with Crippen LogP contribution >= 0.6 is 15.9 Å². The van der Waals surface area contributed by atoms with E-state index < -0.39 is 0 Å². The zero-order valence-corrected chi connectivity index (χ0v) is 16.7. The van der Waals surface area contributed by atoms with Crippen LogP contribution in [0.5, 0.6) is 0 Å². The zero-order chi connectivity index (χ0) is 18.6. The van der Waals surface area contributed by atoms with Crippen molar-refractivity contribution in [3.05, 3.63) is 28.7 Å². The van der Waals surface area contributed by atoms with Gasteiger partial charge < -0.3 is 25.4 Å². The topological polar surface area (TPSA) is 84.0 Å². The molecule has 1 aliphatic heterocycles. The van der Waals surface area contributed by atoms with E-state index in [4.69, 9.17) is 9.47 Å². The summed E-state index contributed by atoms with van der Waals surface area (Å²) in [5.41, 5.74) is 0.786. The molecule has 26 heavy (non-hydrogen) atoms. The molecule has 1 aromatic rings. The first kappa shape index (κ1) is 20.7. The van der Waals surface area contributed by atoms with Crippen LogP contribution in [0.25, 0.3) is 0 Å². The van der Waals surface area contributed by atoms with Crippen molar-refractivity contribution in [1.29, 1.82) is 0 Å². The molecule has 7 nitrogen and oxygen atoms in total. The number of carbonyl (C=O) groups is 1. The number of hydrogen-bond acceptors (Lipinski definition) is 4. The van der Waals surface area contributed by atoms with E-state index in [-0.39, 0.29) is 12.0 Å². The van der Waals surface area contributed by atoms with E-state index in [0.717, 1.165) is 36.2 Å². The molecule has 1 aliphatic rings. The maximum absolute atomic E-state index is 11.9. The lowest BCUT2D eigenvalue weighted by molar-refractivity contribution is -0.116. The highest BCUT2D eigenvalue weighted by Crippen LogP contribution is 2.14. The molecule has 144 valence electrons. The molecule has 1 aromatic carbocycles. The fraction of sp³-hybridized carbons (Fsp3) is 0.556. The molecule has 3 N–H and O–H groups in total. The van der Waals surface area contributed by atoms with Crippen LogP contribution < -0.4 is 16.0 Å². The van der Waals surface area contributed by atoms with E-state index in [1.807, 2.05) is 24.3 Å². The van der Waals surface area contributed by atoms with Gasteiger partial charge in [0.2, 0.25) is 5.91 Å². The fourth-order valence-corrected chi connectivity index (χ4v) is 2.71. The number of amides is 1. The minimum Gasteiger partial charge on any atom is -0.379 e. The predicted molar refractivity (Wildman–Crippen MR) is 107 cm³/mol. The minimum absolute atomic E-state index is 0.0394. The number of benzene rings is 1. The SMILES string of the molecule is CN=C(NCCCOC1CCOC1)NCCC(=O)Nc1ccc(Br)cc1. The molecule has 0 spiro atoms. The lowest BCUT2D eigenvalue weighted by Gasteiger charge is -2.13. The second-order valence-corrected chi connectivity index (χ2v) is 6.86. The van der Waals surface area contributed by atoms with Crippen LogP contribution in [-0.4, -0.2) is 57.9 Å². The summed E-state index contributed by atoms with van der Waals surface area (Å²) >= 11 is 3.37. The third-order valence-electron chi connectivity index (χ3n) is 3.85. The molecular formula is C18H27BrN4O3. The van der Waals surface area contributed by atoms with Crippen LogP contribution in [0.2, 0.25) is 0 Å². The Morgan fingerprint density at radius 2 is 2.08 bits per heavy atom. The largest absolute Gasteiger partial charge is 0.379 e. The monoisotopic (exact) mass is 426 g/mol. The lowest BCUT2D eigenvalue weighted by atomic mass is 10.3. The Morgan fingerprint density at radius 1 is 1.31 bits per heavy atom. The van der Waals surface area contributed by atoms with Gasteiger partial charge in [-0.3, -0.25) is 9.79 Å². The van der Waals surface area contributed by atoms with Gasteiger partial charge in [-0.1, -0.05) is 15.9 Å². The van der Waals surface area contributed by atoms with Gasteiger partial charge in [0.1, 0.15) is 0 Å². The van der Waals surface area contributed by atoms with Crippen LogP contribution in [0.15, 0.2) is 33.7 Å². The average Bonchev–Trinajstić information content (AvgIpc) is 3.15. The van der Waals surface area contributed by atoms with Crippen molar-refractivity contribution in [2.24, 2.45) is 4.99 Å². The highest BCUT2D eigenvalue weighted by atomic mass is 79.9. The summed E-state index contributed by atoms with van der Waals surface area (Å²) in [4.78, 5) is 16.1. The normalized spacial score (nSPS) is 17.2. The van der Waals surface area contributed by atoms with E-state index in [1.165, 1.54) is 0 Å². The predicted octanol–water partition coefficient (Wildman–Crippen LogP) is 2.14. The molecule has 0 aromatic heterocycles. The van der Waals surface area contributed by atoms with Crippen LogP contribution in [0.1, 0.15) is 19.3 Å². The lowest BCUT2D eigenvalue weighted by Crippen LogP contribution is -2.39. The highest BCUT2D eigenvalue weighted by molar-refractivity contribution is 9.10. The van der Waals surface area contributed by atoms with Gasteiger partial charge in [0.25, 0.3) is 0 Å². The molecule has 0 bridgehead atoms. The smallest absolute Gasteiger partial charge is 0.226 e. The number of hydrogen-bond donors (Lipinski definition) is 3. The van der Waals surface area contributed by atoms with Gasteiger partial charge in [0.15, 0.2) is 5.96 Å². The van der Waals surface area contributed by atoms with Crippen molar-refractivity contribution < 1.29 is 14.3 Å². The van der Waals surface area contributed by atoms with Crippen molar-refractivity contribution in [2.45, 2.75) is 25.4 Å². The Labute approximate surface area is 163 Å². The van der Waals surface area contributed by atoms with Crippen molar-refractivity contribution in [2.75, 3.05) is 45.3 Å². The third-order valence-corrected chi connectivity index (χ3v) is 4.38. The van der Waals surface area contributed by atoms with Gasteiger partial charge in [0.05, 0.1) is 12.7 Å². The summed E-state index contributed by atoms with van der Waals surface area (Å²) in [5.74, 6) is 0.646. The molecular weight excluding hydrogens is 400 g/mol. The maximum atomic E-state index is 11.9. The number of ether oxygens (including phenoxy) is 2. The molecule has 1 atom stereocenters. The van der Waals surface area contributed by atoms with E-state index in [0.29, 0.717) is 32.1 Å². The highest BCUT2D eigenvalue weighted by Gasteiger charge is 2.15. The maximum Gasteiger partial charge on any atom is 0.226 e. The summed E-state index contributed by atoms with van der Waals surface area (Å²) in [6.45, 7) is 3.48. The number of carbonyl (C=O) groups excluding carboxylic acids is 1. The van der Waals surface area contributed by atoms with Crippen LogP contribution in [0, 0.1) is 0 Å². The van der Waals surface area contributed by atoms with Crippen molar-refractivity contribution in [1.82, 2.24) is 10.6 Å². The number of nitrogens with one attached hydrogen (secondary N) is 3. The van der Waals surface area contributed by atoms with Gasteiger partial charge in [-0.25, -0.2) is 0 Å². The molecule has 1 heterocycles. The number of halogens is 1. The molecule has 1 unspecified atom stereocenters. The summed E-state index contributed by atoms with van der Waals surface area (Å²) in [7, 11) is 1.71. The second-order valence-electron chi connectivity index (χ2n) is 5.94. The number of nitrogens with zero attached hydrogens (tertiary/aromatic N) is 1. The second kappa shape index (κ2) is 11.9. The first-order valence-corrected chi connectivity index (χ1v) is 9.66. The summed E-state index contributed by atoms with van der Waals surface area (Å²) in [6.07, 6.45) is 2.48. The van der Waals surface area contributed by atoms with Crippen molar-refractivity contribution in [3.8, 4) is 0 Å². The molecule has 1 fully saturated rings. The number of guanidine groups is 1. The zero-order valence-electron chi connectivity index (χ0n) is 15.1. The van der Waals surface area contributed by atoms with E-state index in [9.17, 15) is 4.79 Å². The average molecular weight is 427 g/mol. The van der Waals surface area contributed by atoms with Crippen LogP contribution in [-0.2, 0) is 14.3 Å². The van der Waals surface area contributed by atoms with Gasteiger partial charge in [-0.2, -0.15) is 0 Å². The Kier molecular flexibility index (Phi) is 9.44. The minimum atomic E-state index is -0.0394. The molecule has 0 radical (unpaired) electrons. The van der Waals surface area contributed by atoms with Gasteiger partial charge in [0, 0.05) is 49.9 Å². The van der Waals surface area contributed by atoms with E-state index >= 15 is 0 Å². The number of rotatable bonds is 9. The standard InChI is InChI=1S/C18H27BrN4O3/c1-20-18(21-9-2-11-26-16-8-12-25-13-16)22-10-7-17(24)23-15-5-3-14(19)4-6-15/h3-6,16H,2,7-13H2,1H3,(H,23,24)(H2,20,21,22). The molecule has 0 aliphatic carbocycles. The van der Waals surface area contributed by atoms with Crippen molar-refractivity contribution >= 4 is 33.5 Å². The van der Waals surface area contributed by atoms with Crippen molar-refractivity contribution in [3.63, 3.8) is 0 Å². The van der Waals surface area contributed by atoms with Gasteiger partial charge >= 0.3 is 0 Å². The van der Waals surface area contributed by atoms with Gasteiger partial charge in [-0.05, 0) is 37.1 Å². The summed E-state index contributed by atoms with van der Waals surface area (Å²) < 4.78 is 12.0. The molecule has 1 saturated heterocycles. The number of anilines is 1. The third kappa shape index (κ3) is 8.16. The van der Waals surface area contributed by atoms with E-state index in [2.05, 4.69) is 36.9 Å². The quantitative estimate of drug-likeness (QED) is 0.320. The Bertz CT molecular complexity index is 574. The first-order valence-electron chi connectivity index (χ1n) is 8.86. The first-order chi connectivity index (χ1) is 12.7. The molecule has 1 amide bonds. The fourth-order valence-electron chi connectivity index (χ4n) is 2.45. The van der Waals surface area contributed by atoms with Gasteiger partial charge in [-0.15, -0.1) is 0 Å². The molecule has 8 heteroatoms. The number of aliphatic imine (C=N–C) groups is 1.